The Morgan fingerprint density at radius 1 is 0.467 bits per heavy atom. The molecule has 0 unspecified atom stereocenters. The molecule has 0 aliphatic carbocycles. The third kappa shape index (κ3) is 34.3. The Morgan fingerprint density at radius 2 is 0.869 bits per heavy atom. The number of amides is 15. The highest BCUT2D eigenvalue weighted by atomic mass is 32.1. The number of carbonyl (C=O) groups is 18. The zero-order valence-corrected chi connectivity index (χ0v) is 60.8. The third-order valence-electron chi connectivity index (χ3n) is 16.0. The number of nitrogens with one attached hydrogen (secondary N) is 12. The van der Waals surface area contributed by atoms with Crippen LogP contribution >= 0.6 is 12.6 Å². The number of rotatable bonds is 50. The van der Waals surface area contributed by atoms with E-state index in [1.807, 2.05) is 10.6 Å². The van der Waals surface area contributed by atoms with Crippen molar-refractivity contribution < 1.29 is 122 Å². The summed E-state index contributed by atoms with van der Waals surface area (Å²) in [7, 11) is 0. The van der Waals surface area contributed by atoms with Gasteiger partial charge in [0.25, 0.3) is 0 Å². The van der Waals surface area contributed by atoms with Crippen LogP contribution in [0, 0.1) is 5.92 Å². The fourth-order valence-electron chi connectivity index (χ4n) is 10.3. The predicted molar refractivity (Wildman–Crippen MR) is 374 cm³/mol. The van der Waals surface area contributed by atoms with Crippen molar-refractivity contribution in [3.05, 3.63) is 0 Å². The molecule has 0 aromatic heterocycles. The summed E-state index contributed by atoms with van der Waals surface area (Å²) in [6.45, 7) is 6.24. The van der Waals surface area contributed by atoms with Gasteiger partial charge >= 0.3 is 17.9 Å². The molecule has 1 aliphatic heterocycles. The Bertz CT molecular complexity index is 3180. The van der Waals surface area contributed by atoms with Crippen LogP contribution in [0.2, 0.25) is 0 Å². The summed E-state index contributed by atoms with van der Waals surface area (Å²) in [6, 6.07) is -24.9. The summed E-state index contributed by atoms with van der Waals surface area (Å²) >= 11 is 4.13. The lowest BCUT2D eigenvalue weighted by molar-refractivity contribution is -0.149. The minimum atomic E-state index is -2.28. The first kappa shape index (κ1) is 94.9. The number of aliphatic carboxylic acids is 3. The molecular formula is C61H104N20O25S. The van der Waals surface area contributed by atoms with Gasteiger partial charge in [-0.1, -0.05) is 13.8 Å². The molecule has 0 aromatic rings. The van der Waals surface area contributed by atoms with E-state index in [4.69, 9.17) is 34.4 Å². The highest BCUT2D eigenvalue weighted by Crippen LogP contribution is 2.19. The van der Waals surface area contributed by atoms with E-state index in [9.17, 15) is 122 Å². The van der Waals surface area contributed by atoms with Crippen LogP contribution in [0.5, 0.6) is 0 Å². The number of likely N-dealkylation sites (tertiary alicyclic amines) is 1. The normalized spacial score (nSPS) is 17.0. The zero-order chi connectivity index (χ0) is 81.9. The standard InChI is InChI=1S/C61H104N20O25S/c1-25(2)19-34(75-56(101)45(28(5)84)80-58(103)46(29(6)85)78-48(93)30(63)20-40(64)86)52(97)72-33(14-15-42(88)89)50(95)74-36(22-43(90)91)54(99)73-35(21-41(65)87)53(98)70-32(12-9-17-68-61(66)67)51(96)79-44(27(4)83)57(102)76-37(23-82)55(100)71-31(11-7-8-16-62)49(94)69-26(3)47(92)77-38(24-107)59(104)81-18-10-13-39(81)60(105)106/h25-39,44-46,82-85,107H,7-24,62-63H2,1-6H3,(H2,64,86)(H2,65,87)(H,69,94)(H,70,98)(H,71,100)(H,72,97)(H,73,99)(H,74,95)(H,75,101)(H,76,102)(H,77,92)(H,78,93)(H,79,96)(H,80,103)(H,88,89)(H,90,91)(H,105,106)(H4,66,67,68)/t26-,27+,28+,29+,30-,31-,32-,33-,34-,35-,36-,37-,38-,39-,44-,45-,46-/m0/s1. The molecule has 45 nitrogen and oxygen atoms in total. The van der Waals surface area contributed by atoms with Gasteiger partial charge in [-0.2, -0.15) is 12.6 Å². The van der Waals surface area contributed by atoms with Gasteiger partial charge in [-0.3, -0.25) is 86.5 Å². The van der Waals surface area contributed by atoms with Crippen LogP contribution in [0.15, 0.2) is 4.99 Å². The molecule has 0 bridgehead atoms. The van der Waals surface area contributed by atoms with E-state index in [0.29, 0.717) is 12.8 Å². The summed E-state index contributed by atoms with van der Waals surface area (Å²) in [4.78, 5) is 243. The molecule has 0 aromatic carbocycles. The first-order chi connectivity index (χ1) is 49.9. The van der Waals surface area contributed by atoms with Crippen molar-refractivity contribution in [2.45, 2.75) is 228 Å². The van der Waals surface area contributed by atoms with E-state index in [0.717, 1.165) is 25.7 Å². The fourth-order valence-corrected chi connectivity index (χ4v) is 10.5. The fraction of sp³-hybridized carbons (Fsp3) is 0.689. The Labute approximate surface area is 619 Å². The van der Waals surface area contributed by atoms with Crippen LogP contribution in [0.4, 0.5) is 0 Å². The van der Waals surface area contributed by atoms with E-state index in [-0.39, 0.29) is 57.5 Å². The van der Waals surface area contributed by atoms with Crippen molar-refractivity contribution in [1.82, 2.24) is 68.7 Å². The van der Waals surface area contributed by atoms with Crippen LogP contribution in [-0.4, -0.2) is 288 Å². The predicted octanol–water partition coefficient (Wildman–Crippen LogP) is -12.4. The Hall–Kier alpha value is -10.2. The summed E-state index contributed by atoms with van der Waals surface area (Å²) < 4.78 is 0. The molecule has 1 rings (SSSR count). The zero-order valence-electron chi connectivity index (χ0n) is 59.9. The van der Waals surface area contributed by atoms with Gasteiger partial charge in [0.1, 0.15) is 78.5 Å². The third-order valence-corrected chi connectivity index (χ3v) is 16.3. The maximum atomic E-state index is 14.2. The Morgan fingerprint density at radius 3 is 1.32 bits per heavy atom. The Kier molecular flexibility index (Phi) is 42.0. The average Bonchev–Trinajstić information content (AvgIpc) is 1.60. The van der Waals surface area contributed by atoms with Crippen molar-refractivity contribution in [3.63, 3.8) is 0 Å². The number of nitrogens with zero attached hydrogens (tertiary/aromatic N) is 2. The van der Waals surface area contributed by atoms with Crippen molar-refractivity contribution in [1.29, 1.82) is 0 Å². The van der Waals surface area contributed by atoms with Crippen LogP contribution in [0.3, 0.4) is 0 Å². The molecule has 31 N–H and O–H groups in total. The lowest BCUT2D eigenvalue weighted by Crippen LogP contribution is -2.63. The molecule has 15 amide bonds. The number of hydrogen-bond donors (Lipinski definition) is 26. The van der Waals surface area contributed by atoms with Gasteiger partial charge in [0.2, 0.25) is 88.6 Å². The molecule has 17 atom stereocenters. The highest BCUT2D eigenvalue weighted by Gasteiger charge is 2.41. The number of carbonyl (C=O) groups excluding carboxylic acids is 15. The van der Waals surface area contributed by atoms with Gasteiger partial charge in [0.15, 0.2) is 5.96 Å². The number of aliphatic imine (C=N–C) groups is 1. The first-order valence-corrected chi connectivity index (χ1v) is 34.5. The molecule has 46 heteroatoms. The number of thiol groups is 1. The van der Waals surface area contributed by atoms with Crippen LogP contribution in [-0.2, 0) is 86.3 Å². The number of aliphatic hydroxyl groups excluding tert-OH is 4. The molecule has 1 fully saturated rings. The molecule has 0 saturated carbocycles. The minimum absolute atomic E-state index is 0.103. The van der Waals surface area contributed by atoms with Crippen molar-refractivity contribution in [3.8, 4) is 0 Å². The molecular weight excluding hydrogens is 1440 g/mol. The van der Waals surface area contributed by atoms with E-state index >= 15 is 0 Å². The molecule has 0 spiro atoms. The SMILES string of the molecule is CC(C)C[C@H](NC(=O)[C@@H](NC(=O)[C@@H](NC(=O)[C@@H](N)CC(N)=O)[C@@H](C)O)[C@@H](C)O)C(=O)N[C@@H](CCC(=O)O)C(=O)N[C@@H](CC(=O)O)C(=O)N[C@@H](CC(N)=O)C(=O)N[C@@H](CCCN=C(N)N)C(=O)N[C@H](C(=O)N[C@@H](CO)C(=O)N[C@@H](CCCCN)C(=O)N[C@@H](C)C(=O)N[C@@H](CS)C(=O)N1CCC[C@H]1C(=O)O)[C@@H](C)O. The highest BCUT2D eigenvalue weighted by molar-refractivity contribution is 7.80. The topological polar surface area (TPSA) is 765 Å². The number of hydrogen-bond acceptors (Lipinski definition) is 26. The van der Waals surface area contributed by atoms with Gasteiger partial charge in [0, 0.05) is 25.3 Å². The molecule has 604 valence electrons. The second-order valence-corrected chi connectivity index (χ2v) is 26.0. The minimum Gasteiger partial charge on any atom is -0.481 e. The number of nitrogens with two attached hydrogens (primary N) is 6. The van der Waals surface area contributed by atoms with E-state index in [2.05, 4.69) is 70.8 Å². The molecule has 1 saturated heterocycles. The van der Waals surface area contributed by atoms with Gasteiger partial charge in [-0.05, 0) is 97.9 Å². The molecule has 0 radical (unpaired) electrons. The molecule has 107 heavy (non-hydrogen) atoms. The smallest absolute Gasteiger partial charge is 0.326 e. The lowest BCUT2D eigenvalue weighted by atomic mass is 10.0. The maximum Gasteiger partial charge on any atom is 0.326 e. The largest absolute Gasteiger partial charge is 0.481 e. The van der Waals surface area contributed by atoms with Crippen LogP contribution in [0.25, 0.3) is 0 Å². The summed E-state index contributed by atoms with van der Waals surface area (Å²) in [6.07, 6.45) is -10.2. The second kappa shape index (κ2) is 47.4. The summed E-state index contributed by atoms with van der Waals surface area (Å²) in [5.74, 6) is -24.0. The molecule has 1 heterocycles. The van der Waals surface area contributed by atoms with Crippen LogP contribution in [0.1, 0.15) is 125 Å². The Balaban J connectivity index is 3.59. The van der Waals surface area contributed by atoms with E-state index in [1.54, 1.807) is 13.8 Å². The van der Waals surface area contributed by atoms with Gasteiger partial charge in [-0.25, -0.2) is 4.79 Å². The van der Waals surface area contributed by atoms with E-state index < -0.39 is 266 Å². The van der Waals surface area contributed by atoms with Gasteiger partial charge in [0.05, 0.1) is 50.2 Å². The number of aliphatic hydroxyl groups is 4. The number of carboxylic acid groups (broad SMARTS) is 3. The summed E-state index contributed by atoms with van der Waals surface area (Å²) in [5.41, 5.74) is 32.7. The monoisotopic (exact) mass is 1550 g/mol. The van der Waals surface area contributed by atoms with Crippen molar-refractivity contribution in [2.75, 3.05) is 32.0 Å². The van der Waals surface area contributed by atoms with Gasteiger partial charge < -0.3 is 139 Å². The number of unbranched alkanes of at least 4 members (excludes halogenated alkanes) is 1. The van der Waals surface area contributed by atoms with Crippen LogP contribution < -0.4 is 98.2 Å². The number of primary amides is 2. The average molecular weight is 1550 g/mol. The summed E-state index contributed by atoms with van der Waals surface area (Å²) in [5, 5.41) is 97.8. The number of guanidine groups is 1. The second-order valence-electron chi connectivity index (χ2n) is 25.6. The quantitative estimate of drug-likeness (QED) is 0.0116. The van der Waals surface area contributed by atoms with Crippen molar-refractivity contribution >= 4 is 125 Å². The maximum absolute atomic E-state index is 14.2. The van der Waals surface area contributed by atoms with Gasteiger partial charge in [-0.15, -0.1) is 0 Å². The first-order valence-electron chi connectivity index (χ1n) is 33.9. The number of carboxylic acids is 3. The molecule has 1 aliphatic rings. The van der Waals surface area contributed by atoms with Crippen molar-refractivity contribution in [2.24, 2.45) is 45.3 Å². The van der Waals surface area contributed by atoms with E-state index in [1.165, 1.54) is 6.92 Å². The lowest BCUT2D eigenvalue weighted by Gasteiger charge is -2.29.